The van der Waals surface area contributed by atoms with E-state index in [0.717, 1.165) is 19.3 Å². The van der Waals surface area contributed by atoms with Crippen molar-refractivity contribution in [3.8, 4) is 11.5 Å². The Labute approximate surface area is 192 Å². The molecule has 2 N–H and O–H groups in total. The molecule has 0 aliphatic carbocycles. The molecule has 10 nitrogen and oxygen atoms in total. The Bertz CT molecular complexity index is 1060. The molecular formula is C23H28N6O4. The van der Waals surface area contributed by atoms with Gasteiger partial charge in [-0.1, -0.05) is 0 Å². The van der Waals surface area contributed by atoms with E-state index in [1.165, 1.54) is 6.33 Å². The standard InChI is InChI=1S/C23H28N6O4/c1-29-10-5-9-24-21-20-16(23(31)28-22(20)27-14-26-21)13-25-15-7-8-17(32-2)18(12-15)33-11-4-3-6-19(29)30/h7-8,12-14,16H,3-6,9-11H2,1-2H3,(H2,24,26,27,28,31). The van der Waals surface area contributed by atoms with Gasteiger partial charge in [-0.05, 0) is 31.4 Å². The molecule has 2 aliphatic rings. The predicted molar refractivity (Wildman–Crippen MR) is 125 cm³/mol. The van der Waals surface area contributed by atoms with Gasteiger partial charge in [-0.25, -0.2) is 9.97 Å². The number of benzene rings is 1. The van der Waals surface area contributed by atoms with Gasteiger partial charge in [-0.15, -0.1) is 0 Å². The van der Waals surface area contributed by atoms with Gasteiger partial charge < -0.3 is 25.0 Å². The van der Waals surface area contributed by atoms with Gasteiger partial charge in [0.1, 0.15) is 23.9 Å². The highest BCUT2D eigenvalue weighted by Crippen LogP contribution is 2.36. The van der Waals surface area contributed by atoms with Crippen molar-refractivity contribution in [3.05, 3.63) is 30.1 Å². The van der Waals surface area contributed by atoms with Crippen LogP contribution in [0.1, 0.15) is 37.2 Å². The van der Waals surface area contributed by atoms with Crippen molar-refractivity contribution in [1.29, 1.82) is 0 Å². The molecule has 4 rings (SSSR count). The first-order valence-corrected chi connectivity index (χ1v) is 11.1. The maximum atomic E-state index is 12.6. The van der Waals surface area contributed by atoms with Crippen molar-refractivity contribution < 1.29 is 19.1 Å². The Morgan fingerprint density at radius 1 is 1.15 bits per heavy atom. The van der Waals surface area contributed by atoms with Crippen LogP contribution in [0.15, 0.2) is 29.5 Å². The molecule has 2 aliphatic heterocycles. The fraction of sp³-hybridized carbons (Fsp3) is 0.435. The van der Waals surface area contributed by atoms with E-state index in [1.807, 2.05) is 7.05 Å². The topological polar surface area (TPSA) is 118 Å². The third-order valence-corrected chi connectivity index (χ3v) is 5.67. The summed E-state index contributed by atoms with van der Waals surface area (Å²) in [5.74, 6) is 1.50. The summed E-state index contributed by atoms with van der Waals surface area (Å²) in [5.41, 5.74) is 1.30. The minimum atomic E-state index is -0.624. The summed E-state index contributed by atoms with van der Waals surface area (Å²) in [7, 11) is 3.39. The molecule has 0 radical (unpaired) electrons. The number of carbonyl (C=O) groups is 2. The van der Waals surface area contributed by atoms with Gasteiger partial charge in [0.25, 0.3) is 0 Å². The number of aliphatic imine (C=N–C) groups is 1. The first kappa shape index (κ1) is 22.5. The summed E-state index contributed by atoms with van der Waals surface area (Å²) in [6, 6.07) is 5.35. The summed E-state index contributed by atoms with van der Waals surface area (Å²) in [5, 5.41) is 6.08. The van der Waals surface area contributed by atoms with Crippen LogP contribution < -0.4 is 20.1 Å². The first-order valence-electron chi connectivity index (χ1n) is 11.1. The zero-order chi connectivity index (χ0) is 23.2. The van der Waals surface area contributed by atoms with Crippen LogP contribution in [-0.2, 0) is 9.59 Å². The lowest BCUT2D eigenvalue weighted by molar-refractivity contribution is -0.130. The number of nitrogens with one attached hydrogen (secondary N) is 2. The smallest absolute Gasteiger partial charge is 0.238 e. The molecule has 33 heavy (non-hydrogen) atoms. The van der Waals surface area contributed by atoms with Crippen LogP contribution in [0.3, 0.4) is 0 Å². The molecule has 2 aromatic rings. The molecule has 0 spiro atoms. The molecule has 1 atom stereocenters. The third kappa shape index (κ3) is 5.21. The lowest BCUT2D eigenvalue weighted by Gasteiger charge is -2.18. The molecule has 1 aromatic heterocycles. The summed E-state index contributed by atoms with van der Waals surface area (Å²) in [6.07, 6.45) is 5.73. The Balaban J connectivity index is 1.63. The number of anilines is 2. The molecule has 0 saturated carbocycles. The second-order valence-corrected chi connectivity index (χ2v) is 7.97. The van der Waals surface area contributed by atoms with Crippen LogP contribution in [0.25, 0.3) is 0 Å². The maximum Gasteiger partial charge on any atom is 0.238 e. The van der Waals surface area contributed by atoms with E-state index in [-0.39, 0.29) is 11.8 Å². The van der Waals surface area contributed by atoms with Crippen molar-refractivity contribution in [2.24, 2.45) is 4.99 Å². The van der Waals surface area contributed by atoms with Gasteiger partial charge in [-0.3, -0.25) is 14.6 Å². The van der Waals surface area contributed by atoms with E-state index >= 15 is 0 Å². The van der Waals surface area contributed by atoms with Crippen LogP contribution in [-0.4, -0.2) is 66.8 Å². The number of methoxy groups -OCH3 is 1. The Hall–Kier alpha value is -3.69. The zero-order valence-electron chi connectivity index (χ0n) is 18.8. The zero-order valence-corrected chi connectivity index (χ0v) is 18.8. The largest absolute Gasteiger partial charge is 0.493 e. The second-order valence-electron chi connectivity index (χ2n) is 7.97. The Morgan fingerprint density at radius 3 is 2.85 bits per heavy atom. The SMILES string of the molecule is COc1ccc2cc1OCCCCC(=O)N(C)CCCNc1ncnc3c1C(C=N2)C(=O)N3. The molecule has 1 unspecified atom stereocenters. The number of amides is 2. The molecule has 0 fully saturated rings. The van der Waals surface area contributed by atoms with Gasteiger partial charge in [0.15, 0.2) is 11.5 Å². The van der Waals surface area contributed by atoms with E-state index in [4.69, 9.17) is 9.47 Å². The van der Waals surface area contributed by atoms with Crippen LogP contribution in [0, 0.1) is 0 Å². The summed E-state index contributed by atoms with van der Waals surface area (Å²) in [6.45, 7) is 1.69. The minimum Gasteiger partial charge on any atom is -0.493 e. The van der Waals surface area contributed by atoms with E-state index in [9.17, 15) is 9.59 Å². The highest BCUT2D eigenvalue weighted by molar-refractivity contribution is 6.13. The Morgan fingerprint density at radius 2 is 2.00 bits per heavy atom. The normalized spacial score (nSPS) is 19.3. The number of carbonyl (C=O) groups excluding carboxylic acids is 2. The highest BCUT2D eigenvalue weighted by atomic mass is 16.5. The average Bonchev–Trinajstić information content (AvgIpc) is 3.15. The number of rotatable bonds is 1. The van der Waals surface area contributed by atoms with Gasteiger partial charge in [0, 0.05) is 38.8 Å². The summed E-state index contributed by atoms with van der Waals surface area (Å²) >= 11 is 0. The average molecular weight is 453 g/mol. The first-order chi connectivity index (χ1) is 16.1. The van der Waals surface area contributed by atoms with E-state index in [1.54, 1.807) is 36.4 Å². The lowest BCUT2D eigenvalue weighted by atomic mass is 10.0. The molecule has 10 heteroatoms. The maximum absolute atomic E-state index is 12.6. The van der Waals surface area contributed by atoms with E-state index < -0.39 is 5.92 Å². The van der Waals surface area contributed by atoms with E-state index in [2.05, 4.69) is 25.6 Å². The van der Waals surface area contributed by atoms with Crippen LogP contribution >= 0.6 is 0 Å². The molecule has 2 amide bonds. The van der Waals surface area contributed by atoms with Crippen molar-refractivity contribution in [3.63, 3.8) is 0 Å². The monoisotopic (exact) mass is 452 g/mol. The molecule has 3 heterocycles. The predicted octanol–water partition coefficient (Wildman–Crippen LogP) is 2.75. The summed E-state index contributed by atoms with van der Waals surface area (Å²) in [4.78, 5) is 39.8. The second kappa shape index (κ2) is 10.3. The number of aromatic nitrogens is 2. The van der Waals surface area contributed by atoms with Crippen molar-refractivity contribution in [2.45, 2.75) is 31.6 Å². The molecule has 0 saturated heterocycles. The number of hydrogen-bond acceptors (Lipinski definition) is 8. The lowest BCUT2D eigenvalue weighted by Crippen LogP contribution is -2.28. The van der Waals surface area contributed by atoms with Crippen molar-refractivity contribution >= 4 is 35.4 Å². The van der Waals surface area contributed by atoms with Crippen molar-refractivity contribution in [2.75, 3.05) is 44.5 Å². The minimum absolute atomic E-state index is 0.110. The number of fused-ring (bicyclic) bond motifs is 2. The molecule has 174 valence electrons. The highest BCUT2D eigenvalue weighted by Gasteiger charge is 2.33. The molecule has 2 bridgehead atoms. The quantitative estimate of drug-likeness (QED) is 0.683. The fourth-order valence-corrected chi connectivity index (χ4v) is 3.82. The van der Waals surface area contributed by atoms with Gasteiger partial charge in [0.2, 0.25) is 11.8 Å². The molecule has 1 aromatic carbocycles. The Kier molecular flexibility index (Phi) is 7.01. The number of ether oxygens (including phenoxy) is 2. The summed E-state index contributed by atoms with van der Waals surface area (Å²) < 4.78 is 11.3. The van der Waals surface area contributed by atoms with E-state index in [0.29, 0.717) is 60.5 Å². The number of nitrogens with zero attached hydrogens (tertiary/aromatic N) is 4. The van der Waals surface area contributed by atoms with Crippen molar-refractivity contribution in [1.82, 2.24) is 14.9 Å². The van der Waals surface area contributed by atoms with Crippen LogP contribution in [0.2, 0.25) is 0 Å². The van der Waals surface area contributed by atoms with Crippen LogP contribution in [0.4, 0.5) is 17.3 Å². The van der Waals surface area contributed by atoms with Crippen LogP contribution in [0.5, 0.6) is 11.5 Å². The molecular weight excluding hydrogens is 424 g/mol. The van der Waals surface area contributed by atoms with Gasteiger partial charge in [-0.2, -0.15) is 0 Å². The number of hydrogen-bond donors (Lipinski definition) is 2. The fourth-order valence-electron chi connectivity index (χ4n) is 3.82. The third-order valence-electron chi connectivity index (χ3n) is 5.67. The van der Waals surface area contributed by atoms with Gasteiger partial charge >= 0.3 is 0 Å². The van der Waals surface area contributed by atoms with Gasteiger partial charge in [0.05, 0.1) is 25.0 Å².